The van der Waals surface area contributed by atoms with Gasteiger partial charge >= 0.3 is 0 Å². The van der Waals surface area contributed by atoms with Crippen molar-refractivity contribution in [2.24, 2.45) is 0 Å². The van der Waals surface area contributed by atoms with Crippen LogP contribution in [-0.2, 0) is 6.54 Å². The number of ether oxygens (including phenoxy) is 2. The van der Waals surface area contributed by atoms with Crippen LogP contribution in [0.25, 0.3) is 0 Å². The Morgan fingerprint density at radius 2 is 2.25 bits per heavy atom. The van der Waals surface area contributed by atoms with Gasteiger partial charge in [0.2, 0.25) is 6.79 Å². The van der Waals surface area contributed by atoms with Crippen molar-refractivity contribution in [2.75, 3.05) is 13.3 Å². The Hall–Kier alpha value is -2.21. The third kappa shape index (κ3) is 2.70. The highest BCUT2D eigenvalue weighted by atomic mass is 35.5. The summed E-state index contributed by atoms with van der Waals surface area (Å²) in [6.45, 7) is 1.22. The van der Waals surface area contributed by atoms with Gasteiger partial charge in [0.15, 0.2) is 11.5 Å². The Kier molecular flexibility index (Phi) is 3.47. The highest BCUT2D eigenvalue weighted by Crippen LogP contribution is 2.32. The van der Waals surface area contributed by atoms with Crippen LogP contribution in [-0.4, -0.2) is 29.0 Å². The number of nitrogens with one attached hydrogen (secondary N) is 1. The summed E-state index contributed by atoms with van der Waals surface area (Å²) in [6, 6.07) is 5.10. The molecule has 0 spiro atoms. The quantitative estimate of drug-likeness (QED) is 0.932. The van der Waals surface area contributed by atoms with Crippen LogP contribution in [0.1, 0.15) is 10.4 Å². The Labute approximate surface area is 120 Å². The van der Waals surface area contributed by atoms with Gasteiger partial charge in [0.25, 0.3) is 5.91 Å². The molecule has 1 aromatic heterocycles. The minimum absolute atomic E-state index is 0.165. The number of rotatable bonds is 4. The number of fused-ring (bicyclic) bond motifs is 1. The molecule has 0 aliphatic carbocycles. The zero-order chi connectivity index (χ0) is 13.9. The molecule has 1 N–H and O–H groups in total. The number of halogens is 1. The third-order valence-electron chi connectivity index (χ3n) is 2.86. The first kappa shape index (κ1) is 12.8. The van der Waals surface area contributed by atoms with E-state index >= 15 is 0 Å². The monoisotopic (exact) mass is 293 g/mol. The number of carbonyl (C=O) groups is 1. The van der Waals surface area contributed by atoms with E-state index < -0.39 is 0 Å². The summed E-state index contributed by atoms with van der Waals surface area (Å²) in [6.07, 6.45) is 3.26. The zero-order valence-corrected chi connectivity index (χ0v) is 11.3. The topological polar surface area (TPSA) is 65.4 Å². The molecule has 0 fully saturated rings. The summed E-state index contributed by atoms with van der Waals surface area (Å²) in [4.78, 5) is 12.0. The summed E-state index contributed by atoms with van der Waals surface area (Å²) in [5.74, 6) is 1.09. The number of hydrogen-bond acceptors (Lipinski definition) is 4. The van der Waals surface area contributed by atoms with Crippen LogP contribution in [0.5, 0.6) is 11.5 Å². The molecule has 20 heavy (non-hydrogen) atoms. The van der Waals surface area contributed by atoms with Crippen molar-refractivity contribution in [1.29, 1.82) is 0 Å². The van der Waals surface area contributed by atoms with Crippen LogP contribution in [0.2, 0.25) is 5.02 Å². The van der Waals surface area contributed by atoms with Crippen LogP contribution in [0.3, 0.4) is 0 Å². The van der Waals surface area contributed by atoms with Gasteiger partial charge in [-0.2, -0.15) is 5.10 Å². The Balaban J connectivity index is 1.56. The Bertz CT molecular complexity index is 642. The summed E-state index contributed by atoms with van der Waals surface area (Å²) in [5.41, 5.74) is 0.535. The summed E-state index contributed by atoms with van der Waals surface area (Å²) in [7, 11) is 0. The van der Waals surface area contributed by atoms with Gasteiger partial charge in [-0.25, -0.2) is 0 Å². The number of benzene rings is 1. The lowest BCUT2D eigenvalue weighted by atomic mass is 10.2. The van der Waals surface area contributed by atoms with Crippen molar-refractivity contribution in [3.63, 3.8) is 0 Å². The maximum atomic E-state index is 12.0. The lowest BCUT2D eigenvalue weighted by molar-refractivity contribution is 0.0951. The lowest BCUT2D eigenvalue weighted by Gasteiger charge is -2.06. The SMILES string of the molecule is O=C(NCCn1cc(Cl)cn1)c1ccc2c(c1)OCO2. The van der Waals surface area contributed by atoms with Gasteiger partial charge in [-0.15, -0.1) is 0 Å². The fourth-order valence-corrected chi connectivity index (χ4v) is 2.04. The first-order valence-corrected chi connectivity index (χ1v) is 6.46. The van der Waals surface area contributed by atoms with Gasteiger partial charge < -0.3 is 14.8 Å². The number of nitrogens with zero attached hydrogens (tertiary/aromatic N) is 2. The second kappa shape index (κ2) is 5.42. The van der Waals surface area contributed by atoms with Gasteiger partial charge in [-0.1, -0.05) is 11.6 Å². The van der Waals surface area contributed by atoms with Crippen molar-refractivity contribution < 1.29 is 14.3 Å². The van der Waals surface area contributed by atoms with Crippen LogP contribution in [0, 0.1) is 0 Å². The molecule has 0 saturated heterocycles. The average molecular weight is 294 g/mol. The second-order valence-corrected chi connectivity index (χ2v) is 4.68. The van der Waals surface area contributed by atoms with E-state index in [0.29, 0.717) is 35.2 Å². The van der Waals surface area contributed by atoms with E-state index in [0.717, 1.165) is 0 Å². The normalized spacial score (nSPS) is 12.4. The van der Waals surface area contributed by atoms with Crippen LogP contribution in [0.4, 0.5) is 0 Å². The molecule has 7 heteroatoms. The summed E-state index contributed by atoms with van der Waals surface area (Å²) >= 11 is 5.76. The average Bonchev–Trinajstić information content (AvgIpc) is 3.06. The molecular formula is C13H12ClN3O3. The molecule has 0 saturated carbocycles. The van der Waals surface area contributed by atoms with E-state index in [9.17, 15) is 4.79 Å². The smallest absolute Gasteiger partial charge is 0.251 e. The van der Waals surface area contributed by atoms with Crippen LogP contribution >= 0.6 is 11.6 Å². The highest BCUT2D eigenvalue weighted by Gasteiger charge is 2.15. The molecule has 3 rings (SSSR count). The molecule has 2 aromatic rings. The van der Waals surface area contributed by atoms with Crippen molar-refractivity contribution in [2.45, 2.75) is 6.54 Å². The van der Waals surface area contributed by atoms with Crippen molar-refractivity contribution in [1.82, 2.24) is 15.1 Å². The first-order valence-electron chi connectivity index (χ1n) is 6.08. The molecule has 104 valence electrons. The van der Waals surface area contributed by atoms with Crippen LogP contribution < -0.4 is 14.8 Å². The van der Waals surface area contributed by atoms with E-state index in [1.54, 1.807) is 35.3 Å². The molecule has 0 radical (unpaired) electrons. The van der Waals surface area contributed by atoms with Gasteiger partial charge in [0.1, 0.15) is 0 Å². The molecule has 6 nitrogen and oxygen atoms in total. The molecule has 2 heterocycles. The third-order valence-corrected chi connectivity index (χ3v) is 3.06. The number of hydrogen-bond donors (Lipinski definition) is 1. The van der Waals surface area contributed by atoms with Gasteiger partial charge in [-0.3, -0.25) is 9.48 Å². The van der Waals surface area contributed by atoms with Crippen molar-refractivity contribution in [3.8, 4) is 11.5 Å². The minimum Gasteiger partial charge on any atom is -0.454 e. The summed E-state index contributed by atoms with van der Waals surface area (Å²) in [5, 5.41) is 7.41. The Morgan fingerprint density at radius 1 is 1.40 bits per heavy atom. The fraction of sp³-hybridized carbons (Fsp3) is 0.231. The van der Waals surface area contributed by atoms with E-state index in [-0.39, 0.29) is 12.7 Å². The van der Waals surface area contributed by atoms with Crippen molar-refractivity contribution in [3.05, 3.63) is 41.2 Å². The highest BCUT2D eigenvalue weighted by molar-refractivity contribution is 6.30. The summed E-state index contributed by atoms with van der Waals surface area (Å²) < 4.78 is 12.1. The molecule has 1 amide bonds. The predicted octanol–water partition coefficient (Wildman–Crippen LogP) is 1.70. The van der Waals surface area contributed by atoms with E-state index in [4.69, 9.17) is 21.1 Å². The molecule has 1 aromatic carbocycles. The van der Waals surface area contributed by atoms with E-state index in [1.807, 2.05) is 0 Å². The van der Waals surface area contributed by atoms with Gasteiger partial charge in [0.05, 0.1) is 17.8 Å². The molecular weight excluding hydrogens is 282 g/mol. The largest absolute Gasteiger partial charge is 0.454 e. The number of amides is 1. The van der Waals surface area contributed by atoms with Crippen LogP contribution in [0.15, 0.2) is 30.6 Å². The minimum atomic E-state index is -0.165. The maximum Gasteiger partial charge on any atom is 0.251 e. The molecule has 0 unspecified atom stereocenters. The van der Waals surface area contributed by atoms with Crippen molar-refractivity contribution >= 4 is 17.5 Å². The Morgan fingerprint density at radius 3 is 3.05 bits per heavy atom. The van der Waals surface area contributed by atoms with E-state index in [1.165, 1.54) is 0 Å². The number of aromatic nitrogens is 2. The maximum absolute atomic E-state index is 12.0. The second-order valence-electron chi connectivity index (χ2n) is 4.25. The first-order chi connectivity index (χ1) is 9.72. The molecule has 1 aliphatic heterocycles. The number of carbonyl (C=O) groups excluding carboxylic acids is 1. The standard InChI is InChI=1S/C13H12ClN3O3/c14-10-6-16-17(7-10)4-3-15-13(18)9-1-2-11-12(5-9)20-8-19-11/h1-2,5-7H,3-4,8H2,(H,15,18). The van der Waals surface area contributed by atoms with E-state index in [2.05, 4.69) is 10.4 Å². The van der Waals surface area contributed by atoms with Gasteiger partial charge in [-0.05, 0) is 18.2 Å². The fourth-order valence-electron chi connectivity index (χ4n) is 1.88. The zero-order valence-electron chi connectivity index (χ0n) is 10.5. The van der Waals surface area contributed by atoms with Gasteiger partial charge in [0, 0.05) is 18.3 Å². The predicted molar refractivity (Wildman–Crippen MR) is 72.1 cm³/mol. The molecule has 0 atom stereocenters. The molecule has 0 bridgehead atoms. The molecule has 1 aliphatic rings. The lowest BCUT2D eigenvalue weighted by Crippen LogP contribution is -2.27.